The Hall–Kier alpha value is -2.29. The summed E-state index contributed by atoms with van der Waals surface area (Å²) < 4.78 is 10.7. The summed E-state index contributed by atoms with van der Waals surface area (Å²) in [4.78, 5) is 10.6. The number of Topliss-reactive ketones (excluding diaryl/α,β-unsaturated/α-hetero) is 1. The summed E-state index contributed by atoms with van der Waals surface area (Å²) >= 11 is 0. The fraction of sp³-hybridized carbons (Fsp3) is 0.278. The van der Waals surface area contributed by atoms with E-state index in [-0.39, 0.29) is 5.78 Å². The summed E-state index contributed by atoms with van der Waals surface area (Å²) in [6.45, 7) is 6.83. The quantitative estimate of drug-likeness (QED) is 0.765. The molecule has 0 saturated heterocycles. The van der Waals surface area contributed by atoms with Gasteiger partial charge >= 0.3 is 0 Å². The average molecular weight is 286 g/mol. The highest BCUT2D eigenvalue weighted by Crippen LogP contribution is 2.25. The highest BCUT2D eigenvalue weighted by molar-refractivity contribution is 5.93. The summed E-state index contributed by atoms with van der Waals surface area (Å²) in [5.74, 6) is 1.76. The maximum atomic E-state index is 10.6. The smallest absolute Gasteiger partial charge is 0.161 e. The van der Waals surface area contributed by atoms with E-state index in [0.29, 0.717) is 13.2 Å². The Morgan fingerprint density at radius 1 is 0.810 bits per heavy atom. The van der Waals surface area contributed by atoms with Gasteiger partial charge in [0.25, 0.3) is 0 Å². The van der Waals surface area contributed by atoms with Gasteiger partial charge in [-0.1, -0.05) is 42.5 Å². The molecule has 0 aliphatic carbocycles. The van der Waals surface area contributed by atoms with Crippen molar-refractivity contribution >= 4 is 5.78 Å². The van der Waals surface area contributed by atoms with Crippen LogP contribution in [-0.4, -0.2) is 19.0 Å². The molecule has 3 nitrogen and oxygen atoms in total. The molecular weight excluding hydrogens is 264 g/mol. The first-order valence-corrected chi connectivity index (χ1v) is 7.09. The first-order valence-electron chi connectivity index (χ1n) is 7.09. The van der Waals surface area contributed by atoms with Gasteiger partial charge in [0.15, 0.2) is 17.3 Å². The van der Waals surface area contributed by atoms with E-state index in [1.807, 2.05) is 68.4 Å². The third-order valence-electron chi connectivity index (χ3n) is 2.63. The van der Waals surface area contributed by atoms with Crippen LogP contribution in [0.25, 0.3) is 0 Å². The van der Waals surface area contributed by atoms with Crippen molar-refractivity contribution in [3.63, 3.8) is 0 Å². The molecule has 21 heavy (non-hydrogen) atoms. The lowest BCUT2D eigenvalue weighted by Gasteiger charge is -2.09. The van der Waals surface area contributed by atoms with E-state index in [9.17, 15) is 4.79 Å². The second-order valence-electron chi connectivity index (χ2n) is 4.23. The molecule has 0 radical (unpaired) electrons. The van der Waals surface area contributed by atoms with Gasteiger partial charge in [-0.25, -0.2) is 0 Å². The number of hydrogen-bond acceptors (Lipinski definition) is 3. The molecular formula is C18H22O3. The molecule has 0 amide bonds. The third-order valence-corrected chi connectivity index (χ3v) is 2.63. The Labute approximate surface area is 126 Å². The molecule has 0 heterocycles. The summed E-state index contributed by atoms with van der Waals surface area (Å²) in [7, 11) is 0. The highest BCUT2D eigenvalue weighted by Gasteiger charge is 2.00. The van der Waals surface area contributed by atoms with Crippen LogP contribution in [0.3, 0.4) is 0 Å². The molecule has 2 aromatic carbocycles. The molecule has 2 aromatic rings. The normalized spacial score (nSPS) is 9.29. The standard InChI is InChI=1S/C10H14O2.C8H8O/c1-3-11-9-7-5-6-8-10(9)12-4-2;1-7(9)8-5-3-2-4-6-8/h5-8H,3-4H2,1-2H3;2-6H,1H3. The van der Waals surface area contributed by atoms with Gasteiger partial charge in [0.05, 0.1) is 13.2 Å². The molecule has 3 heteroatoms. The van der Waals surface area contributed by atoms with Gasteiger partial charge in [0, 0.05) is 5.56 Å². The van der Waals surface area contributed by atoms with Crippen molar-refractivity contribution in [3.8, 4) is 11.5 Å². The number of para-hydroxylation sites is 2. The molecule has 112 valence electrons. The Morgan fingerprint density at radius 2 is 1.24 bits per heavy atom. The third kappa shape index (κ3) is 6.13. The molecule has 0 aromatic heterocycles. The van der Waals surface area contributed by atoms with Gasteiger partial charge in [0.1, 0.15) is 0 Å². The SMILES string of the molecule is CC(=O)c1ccccc1.CCOc1ccccc1OCC. The summed E-state index contributed by atoms with van der Waals surface area (Å²) in [6.07, 6.45) is 0. The predicted molar refractivity (Wildman–Crippen MR) is 85.2 cm³/mol. The molecule has 0 unspecified atom stereocenters. The van der Waals surface area contributed by atoms with Gasteiger partial charge in [-0.05, 0) is 32.9 Å². The van der Waals surface area contributed by atoms with Gasteiger partial charge in [-0.2, -0.15) is 0 Å². The number of ketones is 1. The Morgan fingerprint density at radius 3 is 1.57 bits per heavy atom. The zero-order valence-corrected chi connectivity index (χ0v) is 12.8. The van der Waals surface area contributed by atoms with Crippen LogP contribution in [0, 0.1) is 0 Å². The fourth-order valence-corrected chi connectivity index (χ4v) is 1.67. The number of rotatable bonds is 5. The number of benzene rings is 2. The zero-order chi connectivity index (χ0) is 15.5. The summed E-state index contributed by atoms with van der Waals surface area (Å²) in [5.41, 5.74) is 0.775. The first kappa shape index (κ1) is 16.8. The monoisotopic (exact) mass is 286 g/mol. The first-order chi connectivity index (χ1) is 10.2. The minimum absolute atomic E-state index is 0.121. The van der Waals surface area contributed by atoms with Gasteiger partial charge in [-0.3, -0.25) is 4.79 Å². The van der Waals surface area contributed by atoms with E-state index in [4.69, 9.17) is 9.47 Å². The molecule has 0 N–H and O–H groups in total. The molecule has 0 atom stereocenters. The maximum absolute atomic E-state index is 10.6. The Bertz CT molecular complexity index is 510. The molecule has 2 rings (SSSR count). The number of carbonyl (C=O) groups is 1. The fourth-order valence-electron chi connectivity index (χ4n) is 1.67. The summed E-state index contributed by atoms with van der Waals surface area (Å²) in [6, 6.07) is 16.9. The van der Waals surface area contributed by atoms with Crippen LogP contribution in [0.4, 0.5) is 0 Å². The lowest BCUT2D eigenvalue weighted by atomic mass is 10.2. The highest BCUT2D eigenvalue weighted by atomic mass is 16.5. The Kier molecular flexibility index (Phi) is 7.65. The molecule has 0 saturated carbocycles. The molecule has 0 aliphatic rings. The van der Waals surface area contributed by atoms with Crippen LogP contribution in [0.5, 0.6) is 11.5 Å². The van der Waals surface area contributed by atoms with Crippen LogP contribution in [0.1, 0.15) is 31.1 Å². The lowest BCUT2D eigenvalue weighted by Crippen LogP contribution is -1.97. The molecule has 0 aliphatic heterocycles. The van der Waals surface area contributed by atoms with E-state index in [0.717, 1.165) is 17.1 Å². The Balaban J connectivity index is 0.000000219. The summed E-state index contributed by atoms with van der Waals surface area (Å²) in [5, 5.41) is 0. The number of hydrogen-bond donors (Lipinski definition) is 0. The van der Waals surface area contributed by atoms with Crippen molar-refractivity contribution in [3.05, 3.63) is 60.2 Å². The topological polar surface area (TPSA) is 35.5 Å². The van der Waals surface area contributed by atoms with Crippen LogP contribution in [0.15, 0.2) is 54.6 Å². The van der Waals surface area contributed by atoms with Crippen LogP contribution >= 0.6 is 0 Å². The molecule has 0 bridgehead atoms. The van der Waals surface area contributed by atoms with E-state index in [1.54, 1.807) is 6.92 Å². The minimum Gasteiger partial charge on any atom is -0.490 e. The van der Waals surface area contributed by atoms with E-state index < -0.39 is 0 Å². The van der Waals surface area contributed by atoms with E-state index in [2.05, 4.69) is 0 Å². The van der Waals surface area contributed by atoms with Gasteiger partial charge in [-0.15, -0.1) is 0 Å². The van der Waals surface area contributed by atoms with Crippen LogP contribution in [0.2, 0.25) is 0 Å². The minimum atomic E-state index is 0.121. The predicted octanol–water partition coefficient (Wildman–Crippen LogP) is 4.37. The van der Waals surface area contributed by atoms with Crippen molar-refractivity contribution in [2.75, 3.05) is 13.2 Å². The van der Waals surface area contributed by atoms with Gasteiger partial charge in [0.2, 0.25) is 0 Å². The van der Waals surface area contributed by atoms with Crippen molar-refractivity contribution in [2.24, 2.45) is 0 Å². The zero-order valence-electron chi connectivity index (χ0n) is 12.8. The van der Waals surface area contributed by atoms with Crippen molar-refractivity contribution in [2.45, 2.75) is 20.8 Å². The molecule has 0 fully saturated rings. The van der Waals surface area contributed by atoms with Crippen molar-refractivity contribution in [1.82, 2.24) is 0 Å². The molecule has 0 spiro atoms. The maximum Gasteiger partial charge on any atom is 0.161 e. The van der Waals surface area contributed by atoms with Crippen molar-refractivity contribution < 1.29 is 14.3 Å². The van der Waals surface area contributed by atoms with Crippen LogP contribution < -0.4 is 9.47 Å². The van der Waals surface area contributed by atoms with E-state index in [1.165, 1.54) is 0 Å². The second-order valence-corrected chi connectivity index (χ2v) is 4.23. The average Bonchev–Trinajstić information content (AvgIpc) is 2.51. The lowest BCUT2D eigenvalue weighted by molar-refractivity contribution is 0.101. The van der Waals surface area contributed by atoms with Crippen molar-refractivity contribution in [1.29, 1.82) is 0 Å². The number of ether oxygens (including phenoxy) is 2. The van der Waals surface area contributed by atoms with E-state index >= 15 is 0 Å². The number of carbonyl (C=O) groups excluding carboxylic acids is 1. The largest absolute Gasteiger partial charge is 0.490 e. The second kappa shape index (κ2) is 9.59. The van der Waals surface area contributed by atoms with Gasteiger partial charge < -0.3 is 9.47 Å². The van der Waals surface area contributed by atoms with Crippen LogP contribution in [-0.2, 0) is 0 Å².